The molecule has 9 nitrogen and oxygen atoms in total. The monoisotopic (exact) mass is 415 g/mol. The van der Waals surface area contributed by atoms with Crippen molar-refractivity contribution < 1.29 is 34.7 Å². The lowest BCUT2D eigenvalue weighted by atomic mass is 9.91. The predicted octanol–water partition coefficient (Wildman–Crippen LogP) is 1.20. The molecule has 1 amide bonds. The molecule has 0 N–H and O–H groups in total. The zero-order valence-corrected chi connectivity index (χ0v) is 17.6. The van der Waals surface area contributed by atoms with Crippen LogP contribution in [-0.4, -0.2) is 72.2 Å². The van der Waals surface area contributed by atoms with Crippen LogP contribution in [0.5, 0.6) is 0 Å². The minimum atomic E-state index is -3.61. The highest BCUT2D eigenvalue weighted by molar-refractivity contribution is 7.86. The third-order valence-corrected chi connectivity index (χ3v) is 4.76. The van der Waals surface area contributed by atoms with Gasteiger partial charge in [0.2, 0.25) is 0 Å². The van der Waals surface area contributed by atoms with Crippen molar-refractivity contribution in [3.05, 3.63) is 0 Å². The third kappa shape index (κ3) is 10.3. The highest BCUT2D eigenvalue weighted by atomic mass is 32.2. The Morgan fingerprint density at radius 2 is 1.50 bits per heavy atom. The van der Waals surface area contributed by atoms with Crippen molar-refractivity contribution in [1.82, 2.24) is 4.90 Å². The summed E-state index contributed by atoms with van der Waals surface area (Å²) in [5, 5.41) is 0. The van der Waals surface area contributed by atoms with E-state index in [0.29, 0.717) is 25.9 Å². The first-order chi connectivity index (χ1) is 11.6. The number of ether oxygens (including phenoxy) is 1. The molecule has 0 spiro atoms. The molecule has 0 bridgehead atoms. The second-order valence-electron chi connectivity index (χ2n) is 7.67. The molecule has 0 aromatic heterocycles. The van der Waals surface area contributed by atoms with E-state index < -0.39 is 25.8 Å². The summed E-state index contributed by atoms with van der Waals surface area (Å²) in [7, 11) is -7.23. The number of carbonyl (C=O) groups is 1. The zero-order valence-electron chi connectivity index (χ0n) is 15.9. The maximum absolute atomic E-state index is 11.9. The summed E-state index contributed by atoms with van der Waals surface area (Å²) in [6, 6.07) is 0. The van der Waals surface area contributed by atoms with E-state index in [1.165, 1.54) is 0 Å². The maximum atomic E-state index is 11.9. The fraction of sp³-hybridized carbons (Fsp3) is 0.933. The second-order valence-corrected chi connectivity index (χ2v) is 11.0. The molecular formula is C15H29NO8S2. The largest absolute Gasteiger partial charge is 0.444 e. The molecule has 1 saturated heterocycles. The molecule has 1 aliphatic heterocycles. The quantitative estimate of drug-likeness (QED) is 0.516. The van der Waals surface area contributed by atoms with Gasteiger partial charge in [0.15, 0.2) is 0 Å². The van der Waals surface area contributed by atoms with E-state index >= 15 is 0 Å². The Hall–Kier alpha value is -0.910. The highest BCUT2D eigenvalue weighted by Gasteiger charge is 2.33. The van der Waals surface area contributed by atoms with Crippen LogP contribution in [0.15, 0.2) is 0 Å². The lowest BCUT2D eigenvalue weighted by Crippen LogP contribution is -2.51. The van der Waals surface area contributed by atoms with Crippen LogP contribution in [0.1, 0.15) is 33.6 Å². The van der Waals surface area contributed by atoms with Crippen LogP contribution in [0, 0.1) is 11.8 Å². The normalized spacial score (nSPS) is 16.6. The van der Waals surface area contributed by atoms with Gasteiger partial charge in [-0.25, -0.2) is 4.79 Å². The van der Waals surface area contributed by atoms with Gasteiger partial charge in [0.1, 0.15) is 5.60 Å². The van der Waals surface area contributed by atoms with Crippen LogP contribution >= 0.6 is 0 Å². The topological polar surface area (TPSA) is 116 Å². The van der Waals surface area contributed by atoms with E-state index in [1.807, 2.05) is 0 Å². The Bertz CT molecular complexity index is 639. The van der Waals surface area contributed by atoms with Gasteiger partial charge in [0.25, 0.3) is 20.2 Å². The van der Waals surface area contributed by atoms with Gasteiger partial charge < -0.3 is 9.64 Å². The smallest absolute Gasteiger partial charge is 0.410 e. The van der Waals surface area contributed by atoms with Gasteiger partial charge >= 0.3 is 6.09 Å². The number of likely N-dealkylation sites (tertiary alicyclic amines) is 1. The van der Waals surface area contributed by atoms with Crippen LogP contribution in [-0.2, 0) is 33.3 Å². The fourth-order valence-corrected chi connectivity index (χ4v) is 3.23. The van der Waals surface area contributed by atoms with Crippen LogP contribution < -0.4 is 0 Å². The highest BCUT2D eigenvalue weighted by Crippen LogP contribution is 2.25. The molecule has 26 heavy (non-hydrogen) atoms. The van der Waals surface area contributed by atoms with E-state index in [4.69, 9.17) is 13.1 Å². The molecule has 0 atom stereocenters. The third-order valence-electron chi connectivity index (χ3n) is 3.63. The Labute approximate surface area is 156 Å². The van der Waals surface area contributed by atoms with Crippen LogP contribution in [0.2, 0.25) is 0 Å². The van der Waals surface area contributed by atoms with Gasteiger partial charge in [-0.1, -0.05) is 0 Å². The van der Waals surface area contributed by atoms with Crippen molar-refractivity contribution in [2.45, 2.75) is 39.2 Å². The standard InChI is InChI=1S/C15H29NO8S2/c1-15(2,3)24-14(17)16-8-12(9-16)6-7-13(10-22-25(4,18)19)11-23-26(5,20)21/h12-13H,6-11H2,1-5H3. The van der Waals surface area contributed by atoms with E-state index in [1.54, 1.807) is 25.7 Å². The summed E-state index contributed by atoms with van der Waals surface area (Å²) < 4.78 is 59.4. The van der Waals surface area contributed by atoms with Gasteiger partial charge in [-0.2, -0.15) is 16.8 Å². The van der Waals surface area contributed by atoms with Gasteiger partial charge in [-0.05, 0) is 39.5 Å². The van der Waals surface area contributed by atoms with E-state index in [9.17, 15) is 21.6 Å². The Morgan fingerprint density at radius 3 is 1.88 bits per heavy atom. The molecule has 1 fully saturated rings. The SMILES string of the molecule is CC(C)(C)OC(=O)N1CC(CCC(COS(C)(=O)=O)COS(C)(=O)=O)C1. The summed E-state index contributed by atoms with van der Waals surface area (Å²) >= 11 is 0. The number of carbonyl (C=O) groups excluding carboxylic acids is 1. The molecule has 0 aromatic carbocycles. The number of hydrogen-bond acceptors (Lipinski definition) is 8. The maximum Gasteiger partial charge on any atom is 0.410 e. The average Bonchev–Trinajstić information content (AvgIpc) is 2.34. The zero-order chi connectivity index (χ0) is 20.2. The number of hydrogen-bond donors (Lipinski definition) is 0. The summed E-state index contributed by atoms with van der Waals surface area (Å²) in [5.74, 6) is -0.128. The molecule has 1 heterocycles. The van der Waals surface area contributed by atoms with Crippen LogP contribution in [0.3, 0.4) is 0 Å². The number of nitrogens with zero attached hydrogens (tertiary/aromatic N) is 1. The Morgan fingerprint density at radius 1 is 1.04 bits per heavy atom. The molecule has 0 radical (unpaired) electrons. The van der Waals surface area contributed by atoms with Gasteiger partial charge in [-0.3, -0.25) is 8.37 Å². The second kappa shape index (κ2) is 8.85. The molecule has 0 aliphatic carbocycles. The molecule has 0 saturated carbocycles. The van der Waals surface area contributed by atoms with Gasteiger partial charge in [0.05, 0.1) is 25.7 Å². The Kier molecular flexibility index (Phi) is 7.88. The lowest BCUT2D eigenvalue weighted by Gasteiger charge is -2.40. The summed E-state index contributed by atoms with van der Waals surface area (Å²) in [4.78, 5) is 13.5. The minimum Gasteiger partial charge on any atom is -0.444 e. The fourth-order valence-electron chi connectivity index (χ4n) is 2.35. The average molecular weight is 416 g/mol. The van der Waals surface area contributed by atoms with E-state index in [-0.39, 0.29) is 31.1 Å². The van der Waals surface area contributed by atoms with Crippen molar-refractivity contribution in [3.8, 4) is 0 Å². The number of rotatable bonds is 9. The molecule has 11 heteroatoms. The van der Waals surface area contributed by atoms with E-state index in [0.717, 1.165) is 12.5 Å². The van der Waals surface area contributed by atoms with Crippen molar-refractivity contribution in [3.63, 3.8) is 0 Å². The van der Waals surface area contributed by atoms with Crippen LogP contribution in [0.25, 0.3) is 0 Å². The molecule has 154 valence electrons. The first kappa shape index (κ1) is 23.1. The van der Waals surface area contributed by atoms with Crippen LogP contribution in [0.4, 0.5) is 4.79 Å². The van der Waals surface area contributed by atoms with Crippen molar-refractivity contribution in [1.29, 1.82) is 0 Å². The first-order valence-corrected chi connectivity index (χ1v) is 11.9. The van der Waals surface area contributed by atoms with Gasteiger partial charge in [-0.15, -0.1) is 0 Å². The molecular weight excluding hydrogens is 386 g/mol. The number of amides is 1. The summed E-state index contributed by atoms with van der Waals surface area (Å²) in [5.41, 5.74) is -0.542. The summed E-state index contributed by atoms with van der Waals surface area (Å²) in [6.07, 6.45) is 2.74. The predicted molar refractivity (Wildman–Crippen MR) is 95.6 cm³/mol. The Balaban J connectivity index is 2.43. The molecule has 1 rings (SSSR count). The lowest BCUT2D eigenvalue weighted by molar-refractivity contribution is -0.00358. The van der Waals surface area contributed by atoms with Gasteiger partial charge in [0, 0.05) is 19.0 Å². The van der Waals surface area contributed by atoms with Crippen molar-refractivity contribution in [2.24, 2.45) is 11.8 Å². The molecule has 0 unspecified atom stereocenters. The van der Waals surface area contributed by atoms with E-state index in [2.05, 4.69) is 0 Å². The molecule has 1 aliphatic rings. The van der Waals surface area contributed by atoms with Crippen molar-refractivity contribution >= 4 is 26.3 Å². The van der Waals surface area contributed by atoms with Crippen molar-refractivity contribution in [2.75, 3.05) is 38.8 Å². The minimum absolute atomic E-state index is 0.142. The molecule has 0 aromatic rings. The summed E-state index contributed by atoms with van der Waals surface area (Å²) in [6.45, 7) is 6.24. The first-order valence-electron chi connectivity index (χ1n) is 8.31.